The van der Waals surface area contributed by atoms with Crippen LogP contribution < -0.4 is 5.32 Å². The number of carbonyl (C=O) groups excluding carboxylic acids is 2. The summed E-state index contributed by atoms with van der Waals surface area (Å²) in [6.07, 6.45) is 1.40. The number of carbonyl (C=O) groups is 2. The Morgan fingerprint density at radius 1 is 1.31 bits per heavy atom. The summed E-state index contributed by atoms with van der Waals surface area (Å²) in [7, 11) is 0. The van der Waals surface area contributed by atoms with Gasteiger partial charge in [0.25, 0.3) is 0 Å². The maximum absolute atomic E-state index is 12.0. The number of piperazine rings is 1. The van der Waals surface area contributed by atoms with Crippen molar-refractivity contribution in [3.63, 3.8) is 0 Å². The second-order valence-corrected chi connectivity index (χ2v) is 4.74. The molecular formula is C12H22N2O2. The number of likely N-dealkylation sites (N-methyl/N-ethyl adjacent to an activating group) is 1. The van der Waals surface area contributed by atoms with Crippen molar-refractivity contribution >= 4 is 11.8 Å². The molecule has 2 amide bonds. The topological polar surface area (TPSA) is 49.4 Å². The first-order chi connectivity index (χ1) is 7.51. The quantitative estimate of drug-likeness (QED) is 0.782. The molecule has 1 aliphatic heterocycles. The van der Waals surface area contributed by atoms with E-state index < -0.39 is 0 Å². The highest BCUT2D eigenvalue weighted by atomic mass is 16.2. The summed E-state index contributed by atoms with van der Waals surface area (Å²) >= 11 is 0. The molecular weight excluding hydrogens is 204 g/mol. The monoisotopic (exact) mass is 226 g/mol. The van der Waals surface area contributed by atoms with Gasteiger partial charge in [-0.2, -0.15) is 0 Å². The van der Waals surface area contributed by atoms with Crippen molar-refractivity contribution in [2.75, 3.05) is 6.54 Å². The van der Waals surface area contributed by atoms with E-state index in [1.165, 1.54) is 0 Å². The minimum atomic E-state index is -0.323. The smallest absolute Gasteiger partial charge is 0.245 e. The summed E-state index contributed by atoms with van der Waals surface area (Å²) in [5, 5.41) is 2.81. The molecule has 1 heterocycles. The molecule has 4 nitrogen and oxygen atoms in total. The van der Waals surface area contributed by atoms with E-state index in [1.54, 1.807) is 4.90 Å². The maximum Gasteiger partial charge on any atom is 0.245 e. The molecule has 0 aliphatic carbocycles. The molecule has 16 heavy (non-hydrogen) atoms. The van der Waals surface area contributed by atoms with Crippen LogP contribution in [-0.4, -0.2) is 35.3 Å². The molecule has 2 atom stereocenters. The molecule has 0 radical (unpaired) electrons. The SMILES string of the molecule is CCC1NC(=O)C(CC(C)C)N(CC)C1=O. The summed E-state index contributed by atoms with van der Waals surface area (Å²) in [5.74, 6) is 0.480. The third-order valence-electron chi connectivity index (χ3n) is 3.02. The van der Waals surface area contributed by atoms with Gasteiger partial charge in [0.2, 0.25) is 11.8 Å². The van der Waals surface area contributed by atoms with Gasteiger partial charge in [0, 0.05) is 6.54 Å². The molecule has 0 saturated carbocycles. The van der Waals surface area contributed by atoms with Gasteiger partial charge in [0.15, 0.2) is 0 Å². The third kappa shape index (κ3) is 2.54. The number of hydrogen-bond donors (Lipinski definition) is 1. The molecule has 0 aromatic heterocycles. The van der Waals surface area contributed by atoms with E-state index in [4.69, 9.17) is 0 Å². The van der Waals surface area contributed by atoms with Crippen LogP contribution in [0.3, 0.4) is 0 Å². The zero-order valence-corrected chi connectivity index (χ0v) is 10.6. The van der Waals surface area contributed by atoms with Crippen LogP contribution in [0.5, 0.6) is 0 Å². The molecule has 0 aromatic rings. The molecule has 1 fully saturated rings. The van der Waals surface area contributed by atoms with E-state index in [0.717, 1.165) is 6.42 Å². The lowest BCUT2D eigenvalue weighted by atomic mass is 9.97. The summed E-state index contributed by atoms with van der Waals surface area (Å²) in [6, 6.07) is -0.601. The highest BCUT2D eigenvalue weighted by Crippen LogP contribution is 2.18. The van der Waals surface area contributed by atoms with E-state index in [9.17, 15) is 9.59 Å². The van der Waals surface area contributed by atoms with Gasteiger partial charge in [-0.25, -0.2) is 0 Å². The van der Waals surface area contributed by atoms with E-state index in [1.807, 2.05) is 13.8 Å². The molecule has 0 bridgehead atoms. The Kier molecular flexibility index (Phi) is 4.33. The number of nitrogens with one attached hydrogen (secondary N) is 1. The van der Waals surface area contributed by atoms with Gasteiger partial charge in [0.1, 0.15) is 12.1 Å². The van der Waals surface area contributed by atoms with Gasteiger partial charge >= 0.3 is 0 Å². The van der Waals surface area contributed by atoms with Crippen molar-refractivity contribution in [3.05, 3.63) is 0 Å². The normalized spacial score (nSPS) is 26.2. The Balaban J connectivity index is 2.83. The molecule has 0 aromatic carbocycles. The van der Waals surface area contributed by atoms with Gasteiger partial charge < -0.3 is 10.2 Å². The summed E-state index contributed by atoms with van der Waals surface area (Å²) < 4.78 is 0. The van der Waals surface area contributed by atoms with Crippen molar-refractivity contribution in [1.29, 1.82) is 0 Å². The van der Waals surface area contributed by atoms with Crippen molar-refractivity contribution in [3.8, 4) is 0 Å². The van der Waals surface area contributed by atoms with Crippen LogP contribution in [-0.2, 0) is 9.59 Å². The molecule has 92 valence electrons. The van der Waals surface area contributed by atoms with Crippen LogP contribution in [0, 0.1) is 5.92 Å². The van der Waals surface area contributed by atoms with Crippen LogP contribution >= 0.6 is 0 Å². The summed E-state index contributed by atoms with van der Waals surface area (Å²) in [5.41, 5.74) is 0. The van der Waals surface area contributed by atoms with E-state index >= 15 is 0 Å². The van der Waals surface area contributed by atoms with Gasteiger partial charge in [0.05, 0.1) is 0 Å². The van der Waals surface area contributed by atoms with Crippen LogP contribution in [0.15, 0.2) is 0 Å². The van der Waals surface area contributed by atoms with Gasteiger partial charge in [-0.3, -0.25) is 9.59 Å². The van der Waals surface area contributed by atoms with Crippen LogP contribution in [0.2, 0.25) is 0 Å². The zero-order valence-electron chi connectivity index (χ0n) is 10.6. The molecule has 0 spiro atoms. The number of hydrogen-bond acceptors (Lipinski definition) is 2. The third-order valence-corrected chi connectivity index (χ3v) is 3.02. The van der Waals surface area contributed by atoms with Crippen molar-refractivity contribution < 1.29 is 9.59 Å². The molecule has 1 N–H and O–H groups in total. The minimum absolute atomic E-state index is 0.00185. The standard InChI is InChI=1S/C12H22N2O2/c1-5-9-12(16)14(6-2)10(7-8(3)4)11(15)13-9/h8-10H,5-7H2,1-4H3,(H,13,15). The van der Waals surface area contributed by atoms with Gasteiger partial charge in [-0.1, -0.05) is 20.8 Å². The zero-order chi connectivity index (χ0) is 12.3. The second-order valence-electron chi connectivity index (χ2n) is 4.74. The predicted octanol–water partition coefficient (Wildman–Crippen LogP) is 1.16. The van der Waals surface area contributed by atoms with E-state index in [0.29, 0.717) is 18.9 Å². The lowest BCUT2D eigenvalue weighted by molar-refractivity contribution is -0.149. The molecule has 4 heteroatoms. The van der Waals surface area contributed by atoms with Crippen molar-refractivity contribution in [2.45, 2.75) is 52.6 Å². The Labute approximate surface area is 97.4 Å². The Morgan fingerprint density at radius 3 is 2.38 bits per heavy atom. The molecule has 1 aliphatic rings. The fourth-order valence-corrected chi connectivity index (χ4v) is 2.16. The largest absolute Gasteiger partial charge is 0.343 e. The molecule has 1 rings (SSSR count). The first-order valence-corrected chi connectivity index (χ1v) is 6.12. The summed E-state index contributed by atoms with van der Waals surface area (Å²) in [4.78, 5) is 25.7. The number of nitrogens with zero attached hydrogens (tertiary/aromatic N) is 1. The fraction of sp³-hybridized carbons (Fsp3) is 0.833. The lowest BCUT2D eigenvalue weighted by Gasteiger charge is -2.38. The minimum Gasteiger partial charge on any atom is -0.343 e. The highest BCUT2D eigenvalue weighted by Gasteiger charge is 2.38. The van der Waals surface area contributed by atoms with Gasteiger partial charge in [-0.15, -0.1) is 0 Å². The summed E-state index contributed by atoms with van der Waals surface area (Å²) in [6.45, 7) is 8.59. The lowest BCUT2D eigenvalue weighted by Crippen LogP contribution is -2.63. The molecule has 2 unspecified atom stereocenters. The fourth-order valence-electron chi connectivity index (χ4n) is 2.16. The Morgan fingerprint density at radius 2 is 1.94 bits per heavy atom. The van der Waals surface area contributed by atoms with Crippen LogP contribution in [0.1, 0.15) is 40.5 Å². The average molecular weight is 226 g/mol. The van der Waals surface area contributed by atoms with Crippen molar-refractivity contribution in [1.82, 2.24) is 10.2 Å². The van der Waals surface area contributed by atoms with Crippen LogP contribution in [0.25, 0.3) is 0 Å². The maximum atomic E-state index is 12.0. The molecule has 1 saturated heterocycles. The average Bonchev–Trinajstić information content (AvgIpc) is 2.23. The van der Waals surface area contributed by atoms with Crippen LogP contribution in [0.4, 0.5) is 0 Å². The van der Waals surface area contributed by atoms with Gasteiger partial charge in [-0.05, 0) is 25.7 Å². The number of amides is 2. The first kappa shape index (κ1) is 13.0. The Bertz CT molecular complexity index is 276. The van der Waals surface area contributed by atoms with E-state index in [2.05, 4.69) is 19.2 Å². The predicted molar refractivity (Wildman–Crippen MR) is 62.9 cm³/mol. The van der Waals surface area contributed by atoms with Crippen molar-refractivity contribution in [2.24, 2.45) is 5.92 Å². The Hall–Kier alpha value is -1.06. The first-order valence-electron chi connectivity index (χ1n) is 6.12. The number of rotatable bonds is 4. The second kappa shape index (κ2) is 5.32. The highest BCUT2D eigenvalue weighted by molar-refractivity contribution is 5.96. The van der Waals surface area contributed by atoms with E-state index in [-0.39, 0.29) is 23.9 Å².